The van der Waals surface area contributed by atoms with Crippen molar-refractivity contribution in [1.29, 1.82) is 0 Å². The molecule has 0 saturated carbocycles. The first kappa shape index (κ1) is 11.3. The van der Waals surface area contributed by atoms with Gasteiger partial charge in [-0.1, -0.05) is 24.3 Å². The Hall–Kier alpha value is -2.17. The summed E-state index contributed by atoms with van der Waals surface area (Å²) < 4.78 is 5.25. The highest BCUT2D eigenvalue weighted by Crippen LogP contribution is 2.12. The second-order valence-corrected chi connectivity index (χ2v) is 3.76. The standard InChI is InChI=1S/C12H12N2O3/c1-8-4-2-3-5-9(8)6-10-13-14-11(17-10)7-12(15)16/h2-5H,6-7H2,1H3,(H,15,16). The summed E-state index contributed by atoms with van der Waals surface area (Å²) in [5.41, 5.74) is 2.24. The topological polar surface area (TPSA) is 76.2 Å². The Morgan fingerprint density at radius 1 is 1.29 bits per heavy atom. The van der Waals surface area contributed by atoms with Crippen molar-refractivity contribution in [2.24, 2.45) is 0 Å². The van der Waals surface area contributed by atoms with Crippen LogP contribution in [-0.4, -0.2) is 21.3 Å². The van der Waals surface area contributed by atoms with Gasteiger partial charge in [-0.3, -0.25) is 4.79 Å². The fraction of sp³-hybridized carbons (Fsp3) is 0.250. The third kappa shape index (κ3) is 2.90. The van der Waals surface area contributed by atoms with Crippen LogP contribution in [0.25, 0.3) is 0 Å². The third-order valence-corrected chi connectivity index (χ3v) is 2.41. The van der Waals surface area contributed by atoms with Crippen LogP contribution in [0.1, 0.15) is 22.9 Å². The fourth-order valence-electron chi connectivity index (χ4n) is 1.53. The summed E-state index contributed by atoms with van der Waals surface area (Å²) in [7, 11) is 0. The zero-order valence-corrected chi connectivity index (χ0v) is 9.38. The minimum Gasteiger partial charge on any atom is -0.481 e. The van der Waals surface area contributed by atoms with Crippen LogP contribution >= 0.6 is 0 Å². The summed E-state index contributed by atoms with van der Waals surface area (Å²) in [6.07, 6.45) is 0.292. The molecule has 1 aromatic heterocycles. The molecule has 0 radical (unpaired) electrons. The highest BCUT2D eigenvalue weighted by Gasteiger charge is 2.10. The predicted molar refractivity (Wildman–Crippen MR) is 59.6 cm³/mol. The van der Waals surface area contributed by atoms with Gasteiger partial charge in [0.1, 0.15) is 6.42 Å². The second kappa shape index (κ2) is 4.78. The first-order valence-corrected chi connectivity index (χ1v) is 5.22. The Morgan fingerprint density at radius 3 is 2.71 bits per heavy atom. The number of carbonyl (C=O) groups is 1. The molecule has 5 heteroatoms. The molecule has 88 valence electrons. The van der Waals surface area contributed by atoms with E-state index in [2.05, 4.69) is 10.2 Å². The molecule has 2 aromatic rings. The highest BCUT2D eigenvalue weighted by molar-refractivity contribution is 5.68. The van der Waals surface area contributed by atoms with Crippen LogP contribution in [0.2, 0.25) is 0 Å². The molecular weight excluding hydrogens is 220 g/mol. The van der Waals surface area contributed by atoms with E-state index in [1.54, 1.807) is 0 Å². The molecule has 17 heavy (non-hydrogen) atoms. The van der Waals surface area contributed by atoms with E-state index in [0.29, 0.717) is 12.3 Å². The molecule has 1 aromatic carbocycles. The van der Waals surface area contributed by atoms with Gasteiger partial charge in [0.2, 0.25) is 11.8 Å². The number of carboxylic acid groups (broad SMARTS) is 1. The van der Waals surface area contributed by atoms with E-state index >= 15 is 0 Å². The van der Waals surface area contributed by atoms with Gasteiger partial charge in [-0.05, 0) is 18.1 Å². The molecule has 1 heterocycles. The quantitative estimate of drug-likeness (QED) is 0.866. The molecule has 2 rings (SSSR count). The van der Waals surface area contributed by atoms with E-state index in [4.69, 9.17) is 9.52 Å². The van der Waals surface area contributed by atoms with Gasteiger partial charge in [-0.25, -0.2) is 0 Å². The summed E-state index contributed by atoms with van der Waals surface area (Å²) in [5, 5.41) is 16.1. The van der Waals surface area contributed by atoms with Crippen molar-refractivity contribution in [1.82, 2.24) is 10.2 Å². The maximum atomic E-state index is 10.5. The first-order chi connectivity index (χ1) is 8.15. The average Bonchev–Trinajstić information content (AvgIpc) is 2.68. The molecule has 0 amide bonds. The van der Waals surface area contributed by atoms with E-state index in [0.717, 1.165) is 11.1 Å². The number of benzene rings is 1. The SMILES string of the molecule is Cc1ccccc1Cc1nnc(CC(=O)O)o1. The number of aliphatic carboxylic acids is 1. The maximum absolute atomic E-state index is 10.5. The Bertz CT molecular complexity index is 534. The Labute approximate surface area is 98.1 Å². The van der Waals surface area contributed by atoms with Crippen molar-refractivity contribution < 1.29 is 14.3 Å². The molecule has 0 atom stereocenters. The number of aryl methyl sites for hydroxylation is 1. The van der Waals surface area contributed by atoms with Crippen molar-refractivity contribution >= 4 is 5.97 Å². The lowest BCUT2D eigenvalue weighted by atomic mass is 10.1. The first-order valence-electron chi connectivity index (χ1n) is 5.22. The van der Waals surface area contributed by atoms with Crippen molar-refractivity contribution in [3.63, 3.8) is 0 Å². The molecule has 1 N–H and O–H groups in total. The van der Waals surface area contributed by atoms with E-state index in [1.807, 2.05) is 31.2 Å². The zero-order valence-electron chi connectivity index (χ0n) is 9.38. The minimum atomic E-state index is -0.976. The number of rotatable bonds is 4. The lowest BCUT2D eigenvalue weighted by molar-refractivity contribution is -0.136. The molecule has 0 bridgehead atoms. The molecule has 5 nitrogen and oxygen atoms in total. The van der Waals surface area contributed by atoms with Crippen molar-refractivity contribution in [3.8, 4) is 0 Å². The minimum absolute atomic E-state index is 0.140. The van der Waals surface area contributed by atoms with Crippen molar-refractivity contribution in [2.75, 3.05) is 0 Å². The average molecular weight is 232 g/mol. The number of nitrogens with zero attached hydrogens (tertiary/aromatic N) is 2. The van der Waals surface area contributed by atoms with Gasteiger partial charge in [-0.15, -0.1) is 10.2 Å². The van der Waals surface area contributed by atoms with Crippen LogP contribution in [0.3, 0.4) is 0 Å². The van der Waals surface area contributed by atoms with Gasteiger partial charge in [0, 0.05) is 0 Å². The monoisotopic (exact) mass is 232 g/mol. The van der Waals surface area contributed by atoms with Crippen LogP contribution in [0, 0.1) is 6.92 Å². The van der Waals surface area contributed by atoms with Gasteiger partial charge in [0.15, 0.2) is 0 Å². The van der Waals surface area contributed by atoms with Crippen LogP contribution in [-0.2, 0) is 17.6 Å². The highest BCUT2D eigenvalue weighted by atomic mass is 16.4. The second-order valence-electron chi connectivity index (χ2n) is 3.76. The number of carboxylic acids is 1. The molecule has 0 fully saturated rings. The summed E-state index contributed by atoms with van der Waals surface area (Å²) in [4.78, 5) is 10.5. The van der Waals surface area contributed by atoms with E-state index in [1.165, 1.54) is 0 Å². The molecule has 0 aliphatic rings. The van der Waals surface area contributed by atoms with Gasteiger partial charge in [-0.2, -0.15) is 0 Å². The molecule has 0 aliphatic heterocycles. The van der Waals surface area contributed by atoms with Gasteiger partial charge < -0.3 is 9.52 Å². The molecule has 0 saturated heterocycles. The Kier molecular flexibility index (Phi) is 3.18. The maximum Gasteiger partial charge on any atom is 0.312 e. The number of aromatic nitrogens is 2. The summed E-state index contributed by atoms with van der Waals surface area (Å²) in [6, 6.07) is 7.89. The lowest BCUT2D eigenvalue weighted by Crippen LogP contribution is -1.99. The number of hydrogen-bond donors (Lipinski definition) is 1. The van der Waals surface area contributed by atoms with E-state index in [9.17, 15) is 4.79 Å². The van der Waals surface area contributed by atoms with Crippen LogP contribution in [0.15, 0.2) is 28.7 Å². The van der Waals surface area contributed by atoms with Crippen molar-refractivity contribution in [3.05, 3.63) is 47.2 Å². The molecule has 0 spiro atoms. The molecule has 0 unspecified atom stereocenters. The Morgan fingerprint density at radius 2 is 2.00 bits per heavy atom. The van der Waals surface area contributed by atoms with Crippen LogP contribution < -0.4 is 0 Å². The lowest BCUT2D eigenvalue weighted by Gasteiger charge is -2.00. The zero-order chi connectivity index (χ0) is 12.3. The van der Waals surface area contributed by atoms with E-state index in [-0.39, 0.29) is 12.3 Å². The Balaban J connectivity index is 2.12. The van der Waals surface area contributed by atoms with Crippen LogP contribution in [0.4, 0.5) is 0 Å². The molecule has 0 aliphatic carbocycles. The summed E-state index contributed by atoms with van der Waals surface area (Å²) in [6.45, 7) is 2.00. The predicted octanol–water partition coefficient (Wildman–Crippen LogP) is 1.60. The summed E-state index contributed by atoms with van der Waals surface area (Å²) >= 11 is 0. The third-order valence-electron chi connectivity index (χ3n) is 2.41. The fourth-order valence-corrected chi connectivity index (χ4v) is 1.53. The normalized spacial score (nSPS) is 10.4. The smallest absolute Gasteiger partial charge is 0.312 e. The van der Waals surface area contributed by atoms with Gasteiger partial charge in [0.25, 0.3) is 0 Å². The van der Waals surface area contributed by atoms with Crippen LogP contribution in [0.5, 0.6) is 0 Å². The van der Waals surface area contributed by atoms with Gasteiger partial charge in [0.05, 0.1) is 6.42 Å². The van der Waals surface area contributed by atoms with Gasteiger partial charge >= 0.3 is 5.97 Å². The molecular formula is C12H12N2O3. The number of hydrogen-bond acceptors (Lipinski definition) is 4. The summed E-state index contributed by atoms with van der Waals surface area (Å²) in [5.74, 6) is -0.396. The van der Waals surface area contributed by atoms with E-state index < -0.39 is 5.97 Å². The largest absolute Gasteiger partial charge is 0.481 e. The van der Waals surface area contributed by atoms with Crippen molar-refractivity contribution in [2.45, 2.75) is 19.8 Å².